The van der Waals surface area contributed by atoms with Crippen molar-refractivity contribution in [2.75, 3.05) is 0 Å². The maximum atomic E-state index is 11.2. The summed E-state index contributed by atoms with van der Waals surface area (Å²) in [5.74, 6) is -1.55. The summed E-state index contributed by atoms with van der Waals surface area (Å²) in [5.41, 5.74) is 0. The molecular weight excluding hydrogens is 160 g/mol. The molecule has 1 aliphatic carbocycles. The molecule has 2 atom stereocenters. The molecular formula is C8H10O4. The van der Waals surface area contributed by atoms with Crippen LogP contribution in [0.2, 0.25) is 0 Å². The van der Waals surface area contributed by atoms with Crippen molar-refractivity contribution < 1.29 is 19.1 Å². The highest BCUT2D eigenvalue weighted by molar-refractivity contribution is 6.11. The standard InChI is InChI=1S/C8H10O4/c1-4-6(10)3-7(8(4)11)12-5(2)9/h4,7H,3H2,1-2H3. The molecule has 0 saturated heterocycles. The van der Waals surface area contributed by atoms with E-state index in [9.17, 15) is 14.4 Å². The quantitative estimate of drug-likeness (QED) is 0.413. The van der Waals surface area contributed by atoms with Crippen LogP contribution in [0.15, 0.2) is 0 Å². The van der Waals surface area contributed by atoms with Crippen LogP contribution in [0, 0.1) is 5.92 Å². The number of carbonyl (C=O) groups is 3. The van der Waals surface area contributed by atoms with Crippen LogP contribution in [0.4, 0.5) is 0 Å². The van der Waals surface area contributed by atoms with Gasteiger partial charge >= 0.3 is 5.97 Å². The van der Waals surface area contributed by atoms with Gasteiger partial charge in [-0.15, -0.1) is 0 Å². The van der Waals surface area contributed by atoms with E-state index in [1.807, 2.05) is 0 Å². The number of hydrogen-bond donors (Lipinski definition) is 0. The van der Waals surface area contributed by atoms with E-state index in [0.29, 0.717) is 0 Å². The number of carbonyl (C=O) groups excluding carboxylic acids is 3. The highest BCUT2D eigenvalue weighted by Gasteiger charge is 2.39. The average Bonchev–Trinajstić information content (AvgIpc) is 2.17. The number of rotatable bonds is 1. The first kappa shape index (κ1) is 8.90. The topological polar surface area (TPSA) is 60.4 Å². The van der Waals surface area contributed by atoms with Gasteiger partial charge in [-0.25, -0.2) is 0 Å². The first-order chi connectivity index (χ1) is 5.52. The Morgan fingerprint density at radius 2 is 2.08 bits per heavy atom. The molecule has 0 N–H and O–H groups in total. The predicted molar refractivity (Wildman–Crippen MR) is 39.3 cm³/mol. The van der Waals surface area contributed by atoms with Crippen LogP contribution < -0.4 is 0 Å². The Labute approximate surface area is 69.9 Å². The van der Waals surface area contributed by atoms with E-state index in [-0.39, 0.29) is 18.0 Å². The zero-order chi connectivity index (χ0) is 9.30. The van der Waals surface area contributed by atoms with Gasteiger partial charge in [0.2, 0.25) is 0 Å². The molecule has 0 bridgehead atoms. The van der Waals surface area contributed by atoms with Crippen molar-refractivity contribution in [1.82, 2.24) is 0 Å². The van der Waals surface area contributed by atoms with Crippen LogP contribution in [-0.2, 0) is 19.1 Å². The molecule has 0 aromatic carbocycles. The number of hydrogen-bond acceptors (Lipinski definition) is 4. The third kappa shape index (κ3) is 1.52. The molecule has 0 spiro atoms. The Hall–Kier alpha value is -1.19. The lowest BCUT2D eigenvalue weighted by molar-refractivity contribution is -0.151. The summed E-state index contributed by atoms with van der Waals surface area (Å²) >= 11 is 0. The van der Waals surface area contributed by atoms with E-state index in [2.05, 4.69) is 4.74 Å². The SMILES string of the molecule is CC(=O)OC1CC(=O)C(C)C1=O. The number of esters is 1. The van der Waals surface area contributed by atoms with Gasteiger partial charge in [0.05, 0.1) is 12.3 Å². The summed E-state index contributed by atoms with van der Waals surface area (Å²) in [6.07, 6.45) is -0.787. The monoisotopic (exact) mass is 170 g/mol. The largest absolute Gasteiger partial charge is 0.454 e. The Bertz CT molecular complexity index is 241. The highest BCUT2D eigenvalue weighted by Crippen LogP contribution is 2.20. The smallest absolute Gasteiger partial charge is 0.303 e. The lowest BCUT2D eigenvalue weighted by Gasteiger charge is -2.06. The number of ether oxygens (including phenoxy) is 1. The van der Waals surface area contributed by atoms with Crippen LogP contribution in [-0.4, -0.2) is 23.6 Å². The molecule has 4 heteroatoms. The summed E-state index contributed by atoms with van der Waals surface area (Å²) in [4.78, 5) is 32.6. The van der Waals surface area contributed by atoms with Crippen LogP contribution in [0.25, 0.3) is 0 Å². The first-order valence-corrected chi connectivity index (χ1v) is 3.76. The van der Waals surface area contributed by atoms with Crippen LogP contribution in [0.1, 0.15) is 20.3 Å². The molecule has 0 radical (unpaired) electrons. The van der Waals surface area contributed by atoms with Gasteiger partial charge in [0, 0.05) is 6.92 Å². The van der Waals surface area contributed by atoms with Gasteiger partial charge in [0.15, 0.2) is 11.9 Å². The fraction of sp³-hybridized carbons (Fsp3) is 0.625. The summed E-state index contributed by atoms with van der Waals surface area (Å²) in [6, 6.07) is 0. The number of ketones is 2. The molecule has 66 valence electrons. The second kappa shape index (κ2) is 3.05. The molecule has 0 heterocycles. The average molecular weight is 170 g/mol. The molecule has 1 aliphatic rings. The normalized spacial score (nSPS) is 29.2. The third-order valence-electron chi connectivity index (χ3n) is 1.92. The van der Waals surface area contributed by atoms with Crippen molar-refractivity contribution in [2.24, 2.45) is 5.92 Å². The Morgan fingerprint density at radius 3 is 2.42 bits per heavy atom. The van der Waals surface area contributed by atoms with Crippen LogP contribution >= 0.6 is 0 Å². The van der Waals surface area contributed by atoms with Crippen molar-refractivity contribution in [1.29, 1.82) is 0 Å². The van der Waals surface area contributed by atoms with E-state index < -0.39 is 18.0 Å². The summed E-state index contributed by atoms with van der Waals surface area (Å²) < 4.78 is 4.65. The lowest BCUT2D eigenvalue weighted by atomic mass is 10.1. The summed E-state index contributed by atoms with van der Waals surface area (Å²) in [6.45, 7) is 2.76. The van der Waals surface area contributed by atoms with Gasteiger partial charge in [-0.2, -0.15) is 0 Å². The van der Waals surface area contributed by atoms with Crippen molar-refractivity contribution in [3.8, 4) is 0 Å². The number of Topliss-reactive ketones (excluding diaryl/α,β-unsaturated/α-hetero) is 2. The van der Waals surface area contributed by atoms with Gasteiger partial charge in [-0.3, -0.25) is 14.4 Å². The second-order valence-corrected chi connectivity index (χ2v) is 2.89. The fourth-order valence-corrected chi connectivity index (χ4v) is 1.20. The minimum atomic E-state index is -0.829. The molecule has 0 aliphatic heterocycles. The Balaban J connectivity index is 2.65. The van der Waals surface area contributed by atoms with Crippen molar-refractivity contribution in [3.63, 3.8) is 0 Å². The van der Waals surface area contributed by atoms with Crippen LogP contribution in [0.3, 0.4) is 0 Å². The van der Waals surface area contributed by atoms with Gasteiger partial charge in [-0.1, -0.05) is 0 Å². The lowest BCUT2D eigenvalue weighted by Crippen LogP contribution is -2.23. The molecule has 0 aromatic heterocycles. The molecule has 0 amide bonds. The predicted octanol–water partition coefficient (Wildman–Crippen LogP) is 0.0961. The molecule has 0 aromatic rings. The summed E-state index contributed by atoms with van der Waals surface area (Å²) in [7, 11) is 0. The van der Waals surface area contributed by atoms with E-state index >= 15 is 0 Å². The van der Waals surface area contributed by atoms with Crippen molar-refractivity contribution in [2.45, 2.75) is 26.4 Å². The van der Waals surface area contributed by atoms with E-state index in [1.165, 1.54) is 13.8 Å². The van der Waals surface area contributed by atoms with E-state index in [4.69, 9.17) is 0 Å². The van der Waals surface area contributed by atoms with Gasteiger partial charge in [0.1, 0.15) is 5.78 Å². The molecule has 2 unspecified atom stereocenters. The third-order valence-corrected chi connectivity index (χ3v) is 1.92. The zero-order valence-electron chi connectivity index (χ0n) is 6.99. The zero-order valence-corrected chi connectivity index (χ0v) is 6.99. The van der Waals surface area contributed by atoms with Gasteiger partial charge in [0.25, 0.3) is 0 Å². The fourth-order valence-electron chi connectivity index (χ4n) is 1.20. The maximum absolute atomic E-state index is 11.2. The van der Waals surface area contributed by atoms with Gasteiger partial charge < -0.3 is 4.74 Å². The molecule has 4 nitrogen and oxygen atoms in total. The van der Waals surface area contributed by atoms with Gasteiger partial charge in [-0.05, 0) is 6.92 Å². The van der Waals surface area contributed by atoms with Crippen molar-refractivity contribution >= 4 is 17.5 Å². The molecule has 1 fully saturated rings. The molecule has 1 saturated carbocycles. The highest BCUT2D eigenvalue weighted by atomic mass is 16.5. The molecule has 12 heavy (non-hydrogen) atoms. The van der Waals surface area contributed by atoms with E-state index in [0.717, 1.165) is 0 Å². The second-order valence-electron chi connectivity index (χ2n) is 2.89. The minimum Gasteiger partial charge on any atom is -0.454 e. The molecule has 1 rings (SSSR count). The Morgan fingerprint density at radius 1 is 1.50 bits per heavy atom. The van der Waals surface area contributed by atoms with E-state index in [1.54, 1.807) is 0 Å². The Kier molecular flexibility index (Phi) is 2.26. The van der Waals surface area contributed by atoms with Crippen molar-refractivity contribution in [3.05, 3.63) is 0 Å². The maximum Gasteiger partial charge on any atom is 0.303 e. The summed E-state index contributed by atoms with van der Waals surface area (Å²) in [5, 5.41) is 0. The minimum absolute atomic E-state index is 0.0413. The van der Waals surface area contributed by atoms with Crippen LogP contribution in [0.5, 0.6) is 0 Å². The first-order valence-electron chi connectivity index (χ1n) is 3.76.